The van der Waals surface area contributed by atoms with E-state index >= 15 is 0 Å². The van der Waals surface area contributed by atoms with Gasteiger partial charge in [-0.25, -0.2) is 0 Å². The molecule has 1 fully saturated rings. The molecule has 29 heavy (non-hydrogen) atoms. The molecule has 0 amide bonds. The summed E-state index contributed by atoms with van der Waals surface area (Å²) in [6.45, 7) is 1.31. The van der Waals surface area contributed by atoms with Gasteiger partial charge in [0.05, 0.1) is 6.10 Å². The van der Waals surface area contributed by atoms with Gasteiger partial charge >= 0.3 is 0 Å². The average molecular weight is 410 g/mol. The lowest BCUT2D eigenvalue weighted by Gasteiger charge is -2.13. The van der Waals surface area contributed by atoms with Crippen LogP contribution in [0.15, 0.2) is 54.6 Å². The number of aromatic nitrogens is 1. The van der Waals surface area contributed by atoms with Crippen molar-refractivity contribution < 1.29 is 14.6 Å². The first-order chi connectivity index (χ1) is 14.2. The zero-order valence-electron chi connectivity index (χ0n) is 15.7. The summed E-state index contributed by atoms with van der Waals surface area (Å²) in [4.78, 5) is 0. The number of nitrogens with zero attached hydrogens (tertiary/aromatic N) is 1. The SMILES string of the molecule is N=C(NCC1CCCO1)c1c(O)nsc1Nc1ccc(Oc2ccccc2)cc1. The lowest BCUT2D eigenvalue weighted by molar-refractivity contribution is 0.114. The smallest absolute Gasteiger partial charge is 0.236 e. The minimum atomic E-state index is -0.161. The van der Waals surface area contributed by atoms with E-state index in [2.05, 4.69) is 15.0 Å². The second kappa shape index (κ2) is 8.93. The van der Waals surface area contributed by atoms with E-state index in [1.165, 1.54) is 0 Å². The third kappa shape index (κ3) is 4.85. The summed E-state index contributed by atoms with van der Waals surface area (Å²) in [5.41, 5.74) is 1.17. The number of anilines is 2. The van der Waals surface area contributed by atoms with Gasteiger partial charge in [-0.1, -0.05) is 18.2 Å². The Balaban J connectivity index is 1.40. The zero-order valence-corrected chi connectivity index (χ0v) is 16.5. The van der Waals surface area contributed by atoms with Crippen molar-refractivity contribution in [1.82, 2.24) is 9.69 Å². The van der Waals surface area contributed by atoms with Crippen LogP contribution in [0.5, 0.6) is 17.4 Å². The van der Waals surface area contributed by atoms with Gasteiger partial charge < -0.3 is 25.2 Å². The first-order valence-corrected chi connectivity index (χ1v) is 10.2. The summed E-state index contributed by atoms with van der Waals surface area (Å²) >= 11 is 1.11. The molecular formula is C21H22N4O3S. The van der Waals surface area contributed by atoms with Gasteiger partial charge in [-0.05, 0) is 60.8 Å². The molecule has 2 aromatic carbocycles. The van der Waals surface area contributed by atoms with Crippen molar-refractivity contribution in [1.29, 1.82) is 5.41 Å². The van der Waals surface area contributed by atoms with E-state index in [1.807, 2.05) is 54.6 Å². The second-order valence-electron chi connectivity index (χ2n) is 6.67. The number of nitrogens with one attached hydrogen (secondary N) is 3. The van der Waals surface area contributed by atoms with Crippen molar-refractivity contribution in [3.63, 3.8) is 0 Å². The number of ether oxygens (including phenoxy) is 2. The van der Waals surface area contributed by atoms with E-state index < -0.39 is 0 Å². The molecule has 0 bridgehead atoms. The highest BCUT2D eigenvalue weighted by molar-refractivity contribution is 7.11. The molecule has 1 unspecified atom stereocenters. The Morgan fingerprint density at radius 2 is 1.93 bits per heavy atom. The van der Waals surface area contributed by atoms with Crippen molar-refractivity contribution >= 4 is 28.1 Å². The fourth-order valence-electron chi connectivity index (χ4n) is 3.06. The Kier molecular flexibility index (Phi) is 5.92. The van der Waals surface area contributed by atoms with E-state index in [9.17, 15) is 5.11 Å². The number of hydrogen-bond acceptors (Lipinski definition) is 7. The summed E-state index contributed by atoms with van der Waals surface area (Å²) in [5, 5.41) is 25.3. The zero-order chi connectivity index (χ0) is 20.1. The first-order valence-electron chi connectivity index (χ1n) is 9.42. The maximum Gasteiger partial charge on any atom is 0.236 e. The van der Waals surface area contributed by atoms with E-state index in [0.717, 1.165) is 48.2 Å². The molecule has 7 nitrogen and oxygen atoms in total. The predicted octanol–water partition coefficient (Wildman–Crippen LogP) is 4.48. The molecule has 1 aliphatic heterocycles. The molecule has 1 saturated heterocycles. The minimum Gasteiger partial charge on any atom is -0.492 e. The van der Waals surface area contributed by atoms with Crippen LogP contribution in [0, 0.1) is 5.41 Å². The monoisotopic (exact) mass is 410 g/mol. The van der Waals surface area contributed by atoms with Crippen LogP contribution in [0.2, 0.25) is 0 Å². The van der Waals surface area contributed by atoms with Crippen molar-refractivity contribution in [2.45, 2.75) is 18.9 Å². The van der Waals surface area contributed by atoms with Crippen molar-refractivity contribution in [3.05, 3.63) is 60.2 Å². The van der Waals surface area contributed by atoms with Gasteiger partial charge in [-0.15, -0.1) is 0 Å². The molecule has 8 heteroatoms. The lowest BCUT2D eigenvalue weighted by atomic mass is 10.2. The Morgan fingerprint density at radius 1 is 1.17 bits per heavy atom. The third-order valence-electron chi connectivity index (χ3n) is 4.55. The van der Waals surface area contributed by atoms with Crippen LogP contribution < -0.4 is 15.4 Å². The van der Waals surface area contributed by atoms with Gasteiger partial charge in [-0.2, -0.15) is 4.37 Å². The number of aromatic hydroxyl groups is 1. The summed E-state index contributed by atoms with van der Waals surface area (Å²) in [7, 11) is 0. The summed E-state index contributed by atoms with van der Waals surface area (Å²) in [5.74, 6) is 1.46. The van der Waals surface area contributed by atoms with Crippen LogP contribution in [0.1, 0.15) is 18.4 Å². The summed E-state index contributed by atoms with van der Waals surface area (Å²) < 4.78 is 15.4. The number of amidine groups is 1. The summed E-state index contributed by atoms with van der Waals surface area (Å²) in [6, 6.07) is 17.0. The molecule has 0 aliphatic carbocycles. The van der Waals surface area contributed by atoms with Gasteiger partial charge in [0.1, 0.15) is 27.9 Å². The third-order valence-corrected chi connectivity index (χ3v) is 5.30. The Hall–Kier alpha value is -3.10. The lowest BCUT2D eigenvalue weighted by Crippen LogP contribution is -2.31. The number of hydrogen-bond donors (Lipinski definition) is 4. The van der Waals surface area contributed by atoms with Crippen LogP contribution >= 0.6 is 11.5 Å². The Morgan fingerprint density at radius 3 is 2.66 bits per heavy atom. The quantitative estimate of drug-likeness (QED) is 0.339. The number of para-hydroxylation sites is 1. The molecule has 2 heterocycles. The molecule has 0 radical (unpaired) electrons. The highest BCUT2D eigenvalue weighted by atomic mass is 32.1. The first kappa shape index (κ1) is 19.2. The van der Waals surface area contributed by atoms with Crippen LogP contribution in [-0.4, -0.2) is 34.6 Å². The maximum absolute atomic E-state index is 10.1. The van der Waals surface area contributed by atoms with Gasteiger partial charge in [0.25, 0.3) is 0 Å². The maximum atomic E-state index is 10.1. The molecule has 0 spiro atoms. The van der Waals surface area contributed by atoms with Crippen LogP contribution in [0.25, 0.3) is 0 Å². The Bertz CT molecular complexity index is 954. The molecule has 1 aliphatic rings. The molecule has 4 rings (SSSR count). The average Bonchev–Trinajstić information content (AvgIpc) is 3.38. The largest absolute Gasteiger partial charge is 0.492 e. The van der Waals surface area contributed by atoms with E-state index in [1.54, 1.807) is 0 Å². The highest BCUT2D eigenvalue weighted by Crippen LogP contribution is 2.33. The minimum absolute atomic E-state index is 0.109. The van der Waals surface area contributed by atoms with Crippen molar-refractivity contribution in [2.24, 2.45) is 0 Å². The standard InChI is InChI=1S/C21H22N4O3S/c22-19(23-13-17-7-4-12-27-17)18-20(26)25-29-21(18)24-14-8-10-16(11-9-14)28-15-5-2-1-3-6-15/h1-3,5-6,8-11,17,24H,4,7,12-13H2,(H2,22,23)(H,25,26). The van der Waals surface area contributed by atoms with Gasteiger partial charge in [0.15, 0.2) is 0 Å². The normalized spacial score (nSPS) is 15.8. The topological polar surface area (TPSA) is 99.5 Å². The molecular weight excluding hydrogens is 388 g/mol. The fourth-order valence-corrected chi connectivity index (χ4v) is 3.78. The molecule has 3 aromatic rings. The molecule has 4 N–H and O–H groups in total. The Labute approximate surface area is 173 Å². The number of rotatable bonds is 7. The second-order valence-corrected chi connectivity index (χ2v) is 7.44. The van der Waals surface area contributed by atoms with Gasteiger partial charge in [0, 0.05) is 18.8 Å². The van der Waals surface area contributed by atoms with Crippen molar-refractivity contribution in [2.75, 3.05) is 18.5 Å². The van der Waals surface area contributed by atoms with E-state index in [4.69, 9.17) is 14.9 Å². The van der Waals surface area contributed by atoms with Crippen LogP contribution in [0.4, 0.5) is 10.7 Å². The molecule has 1 atom stereocenters. The summed E-state index contributed by atoms with van der Waals surface area (Å²) in [6.07, 6.45) is 2.14. The fraction of sp³-hybridized carbons (Fsp3) is 0.238. The molecule has 150 valence electrons. The van der Waals surface area contributed by atoms with Crippen LogP contribution in [0.3, 0.4) is 0 Å². The van der Waals surface area contributed by atoms with E-state index in [-0.39, 0.29) is 17.8 Å². The number of benzene rings is 2. The van der Waals surface area contributed by atoms with Crippen LogP contribution in [-0.2, 0) is 4.74 Å². The van der Waals surface area contributed by atoms with E-state index in [0.29, 0.717) is 17.1 Å². The van der Waals surface area contributed by atoms with Gasteiger partial charge in [-0.3, -0.25) is 5.41 Å². The van der Waals surface area contributed by atoms with Gasteiger partial charge in [0.2, 0.25) is 5.88 Å². The molecule has 0 saturated carbocycles. The highest BCUT2D eigenvalue weighted by Gasteiger charge is 2.21. The molecule has 1 aromatic heterocycles. The predicted molar refractivity (Wildman–Crippen MR) is 114 cm³/mol. The van der Waals surface area contributed by atoms with Crippen molar-refractivity contribution in [3.8, 4) is 17.4 Å².